The molecule has 1 saturated heterocycles. The van der Waals surface area contributed by atoms with E-state index in [1.165, 1.54) is 0 Å². The molecule has 0 spiro atoms. The molecule has 2 aromatic carbocycles. The molecule has 27 heavy (non-hydrogen) atoms. The number of para-hydroxylation sites is 1. The van der Waals surface area contributed by atoms with E-state index >= 15 is 0 Å². The van der Waals surface area contributed by atoms with Gasteiger partial charge in [-0.3, -0.25) is 14.5 Å². The number of hydrogen-bond donors (Lipinski definition) is 1. The van der Waals surface area contributed by atoms with Gasteiger partial charge < -0.3 is 10.2 Å². The number of nitrogens with zero attached hydrogens (tertiary/aromatic N) is 2. The molecule has 1 heterocycles. The summed E-state index contributed by atoms with van der Waals surface area (Å²) in [5, 5.41) is 3.93. The normalized spacial score (nSPS) is 16.7. The molecule has 1 atom stereocenters. The number of nitrogens with one attached hydrogen (secondary N) is 1. The molecule has 1 unspecified atom stereocenters. The number of rotatable bonds is 6. The van der Waals surface area contributed by atoms with Crippen molar-refractivity contribution >= 4 is 46.4 Å². The average molecular weight is 402 g/mol. The van der Waals surface area contributed by atoms with Crippen molar-refractivity contribution < 1.29 is 9.59 Å². The van der Waals surface area contributed by atoms with E-state index in [1.54, 1.807) is 17.0 Å². The molecule has 1 aliphatic heterocycles. The Morgan fingerprint density at radius 3 is 2.44 bits per heavy atom. The maximum atomic E-state index is 12.8. The first kappa shape index (κ1) is 19.3. The van der Waals surface area contributed by atoms with Gasteiger partial charge in [-0.25, -0.2) is 0 Å². The summed E-state index contributed by atoms with van der Waals surface area (Å²) in [5.41, 5.74) is 1.67. The summed E-state index contributed by atoms with van der Waals surface area (Å²) in [6.45, 7) is 2.80. The fourth-order valence-corrected chi connectivity index (χ4v) is 3.59. The second-order valence-electron chi connectivity index (χ2n) is 6.25. The number of hydrogen-bond acceptors (Lipinski definition) is 3. The Morgan fingerprint density at radius 1 is 1.15 bits per heavy atom. The third kappa shape index (κ3) is 4.46. The first-order chi connectivity index (χ1) is 13.0. The molecule has 5 nitrogen and oxygen atoms in total. The molecule has 1 fully saturated rings. The molecule has 3 rings (SSSR count). The van der Waals surface area contributed by atoms with Gasteiger partial charge in [0.2, 0.25) is 5.91 Å². The minimum atomic E-state index is -0.614. The van der Waals surface area contributed by atoms with Gasteiger partial charge in [0.25, 0.3) is 5.91 Å². The first-order valence-electron chi connectivity index (χ1n) is 8.71. The lowest BCUT2D eigenvalue weighted by molar-refractivity contribution is -0.130. The summed E-state index contributed by atoms with van der Waals surface area (Å²) in [5.74, 6) is -0.360. The monoisotopic (exact) mass is 401 g/mol. The number of carbonyl (C=O) groups is 2. The van der Waals surface area contributed by atoms with Gasteiger partial charge in [0.15, 0.2) is 5.11 Å². The number of carbonyl (C=O) groups excluding carboxylic acids is 2. The van der Waals surface area contributed by atoms with Gasteiger partial charge in [-0.1, -0.05) is 41.9 Å². The van der Waals surface area contributed by atoms with Crippen molar-refractivity contribution in [1.29, 1.82) is 0 Å². The average Bonchev–Trinajstić information content (AvgIpc) is 2.87. The minimum absolute atomic E-state index is 0.0396. The lowest BCUT2D eigenvalue weighted by atomic mass is 10.1. The number of thiocarbonyl (C=S) groups is 1. The Bertz CT molecular complexity index is 842. The first-order valence-corrected chi connectivity index (χ1v) is 9.49. The van der Waals surface area contributed by atoms with Crippen LogP contribution in [-0.2, 0) is 16.1 Å². The summed E-state index contributed by atoms with van der Waals surface area (Å²) in [7, 11) is 0. The van der Waals surface area contributed by atoms with Gasteiger partial charge in [-0.05, 0) is 49.0 Å². The van der Waals surface area contributed by atoms with E-state index in [9.17, 15) is 9.59 Å². The molecule has 1 N–H and O–H groups in total. The van der Waals surface area contributed by atoms with Gasteiger partial charge in [0.1, 0.15) is 6.04 Å². The molecule has 7 heteroatoms. The fraction of sp³-hybridized carbons (Fsp3) is 0.250. The van der Waals surface area contributed by atoms with Gasteiger partial charge in [-0.15, -0.1) is 0 Å². The van der Waals surface area contributed by atoms with Gasteiger partial charge in [-0.2, -0.15) is 0 Å². The predicted octanol–water partition coefficient (Wildman–Crippen LogP) is 3.69. The Kier molecular flexibility index (Phi) is 6.08. The van der Waals surface area contributed by atoms with Crippen LogP contribution in [0.2, 0.25) is 5.02 Å². The van der Waals surface area contributed by atoms with Gasteiger partial charge in [0, 0.05) is 23.8 Å². The van der Waals surface area contributed by atoms with Crippen LogP contribution >= 0.6 is 23.8 Å². The van der Waals surface area contributed by atoms with Crippen molar-refractivity contribution in [2.24, 2.45) is 0 Å². The van der Waals surface area contributed by atoms with Gasteiger partial charge >= 0.3 is 0 Å². The standard InChI is InChI=1S/C20H20ClN3O2S/c1-2-23-19(26)17(12-18(25)22-16-6-4-3-5-7-16)24(20(23)27)13-14-8-10-15(21)11-9-14/h3-11,17H,2,12-13H2,1H3,(H,22,25). The second-order valence-corrected chi connectivity index (χ2v) is 7.06. The van der Waals surface area contributed by atoms with Crippen molar-refractivity contribution in [3.05, 3.63) is 65.2 Å². The SMILES string of the molecule is CCN1C(=O)C(CC(=O)Nc2ccccc2)N(Cc2ccc(Cl)cc2)C1=S. The smallest absolute Gasteiger partial charge is 0.252 e. The maximum absolute atomic E-state index is 12.8. The zero-order valence-electron chi connectivity index (χ0n) is 14.9. The molecule has 2 amide bonds. The molecule has 140 valence electrons. The third-order valence-electron chi connectivity index (χ3n) is 4.42. The highest BCUT2D eigenvalue weighted by Gasteiger charge is 2.42. The number of likely N-dealkylation sites (N-methyl/N-ethyl adjacent to an activating group) is 1. The molecule has 0 aliphatic carbocycles. The van der Waals surface area contributed by atoms with Crippen molar-refractivity contribution in [1.82, 2.24) is 9.80 Å². The van der Waals surface area contributed by atoms with E-state index in [4.69, 9.17) is 23.8 Å². The van der Waals surface area contributed by atoms with E-state index in [0.717, 1.165) is 5.56 Å². The number of anilines is 1. The molecule has 1 aliphatic rings. The number of benzene rings is 2. The quantitative estimate of drug-likeness (QED) is 0.750. The van der Waals surface area contributed by atoms with E-state index in [-0.39, 0.29) is 18.2 Å². The molecule has 0 bridgehead atoms. The van der Waals surface area contributed by atoms with Crippen molar-refractivity contribution in [2.45, 2.75) is 25.9 Å². The number of amides is 2. The van der Waals surface area contributed by atoms with Crippen LogP contribution in [0.5, 0.6) is 0 Å². The highest BCUT2D eigenvalue weighted by atomic mass is 35.5. The lowest BCUT2D eigenvalue weighted by Crippen LogP contribution is -2.37. The van der Waals surface area contributed by atoms with Crippen molar-refractivity contribution in [3.8, 4) is 0 Å². The maximum Gasteiger partial charge on any atom is 0.252 e. The fourth-order valence-electron chi connectivity index (χ4n) is 3.06. The van der Waals surface area contributed by atoms with Crippen LogP contribution in [0.25, 0.3) is 0 Å². The zero-order valence-corrected chi connectivity index (χ0v) is 16.5. The highest BCUT2D eigenvalue weighted by molar-refractivity contribution is 7.80. The van der Waals surface area contributed by atoms with E-state index in [0.29, 0.717) is 28.9 Å². The molecular formula is C20H20ClN3O2S. The van der Waals surface area contributed by atoms with E-state index in [1.807, 2.05) is 54.3 Å². The zero-order chi connectivity index (χ0) is 19.4. The van der Waals surface area contributed by atoms with Crippen LogP contribution in [-0.4, -0.2) is 39.3 Å². The van der Waals surface area contributed by atoms with E-state index in [2.05, 4.69) is 5.32 Å². The minimum Gasteiger partial charge on any atom is -0.332 e. The summed E-state index contributed by atoms with van der Waals surface area (Å²) < 4.78 is 0. The van der Waals surface area contributed by atoms with Crippen LogP contribution in [0.1, 0.15) is 18.9 Å². The van der Waals surface area contributed by atoms with Crippen LogP contribution in [0.15, 0.2) is 54.6 Å². The van der Waals surface area contributed by atoms with Crippen LogP contribution in [0.3, 0.4) is 0 Å². The summed E-state index contributed by atoms with van der Waals surface area (Å²) in [4.78, 5) is 28.6. The van der Waals surface area contributed by atoms with E-state index < -0.39 is 6.04 Å². The Morgan fingerprint density at radius 2 is 1.81 bits per heavy atom. The Balaban J connectivity index is 1.76. The van der Waals surface area contributed by atoms with Crippen LogP contribution in [0, 0.1) is 0 Å². The largest absolute Gasteiger partial charge is 0.332 e. The van der Waals surface area contributed by atoms with Crippen molar-refractivity contribution in [2.75, 3.05) is 11.9 Å². The molecule has 0 radical (unpaired) electrons. The molecule has 0 saturated carbocycles. The number of halogens is 1. The van der Waals surface area contributed by atoms with Crippen LogP contribution < -0.4 is 5.32 Å². The van der Waals surface area contributed by atoms with Gasteiger partial charge in [0.05, 0.1) is 6.42 Å². The summed E-state index contributed by atoms with van der Waals surface area (Å²) in [6, 6.07) is 16.0. The topological polar surface area (TPSA) is 52.7 Å². The van der Waals surface area contributed by atoms with Crippen molar-refractivity contribution in [3.63, 3.8) is 0 Å². The Hall–Kier alpha value is -2.44. The second kappa shape index (κ2) is 8.50. The Labute approximate surface area is 168 Å². The summed E-state index contributed by atoms with van der Waals surface area (Å²) in [6.07, 6.45) is 0.0396. The summed E-state index contributed by atoms with van der Waals surface area (Å²) >= 11 is 11.4. The van der Waals surface area contributed by atoms with Crippen LogP contribution in [0.4, 0.5) is 5.69 Å². The molecular weight excluding hydrogens is 382 g/mol. The highest BCUT2D eigenvalue weighted by Crippen LogP contribution is 2.24. The third-order valence-corrected chi connectivity index (χ3v) is 5.13. The predicted molar refractivity (Wildman–Crippen MR) is 110 cm³/mol. The molecule has 2 aromatic rings. The molecule has 0 aromatic heterocycles. The lowest BCUT2D eigenvalue weighted by Gasteiger charge is -2.24.